The van der Waals surface area contributed by atoms with E-state index < -0.39 is 0 Å². The first-order valence-electron chi connectivity index (χ1n) is 5.12. The van der Waals surface area contributed by atoms with E-state index in [2.05, 4.69) is 10.1 Å². The lowest BCUT2D eigenvalue weighted by molar-refractivity contribution is -0.141. The van der Waals surface area contributed by atoms with Crippen LogP contribution in [0.2, 0.25) is 0 Å². The van der Waals surface area contributed by atoms with Crippen LogP contribution in [0, 0.1) is 0 Å². The Hall–Kier alpha value is -1.14. The second kappa shape index (κ2) is 9.11. The molecule has 0 radical (unpaired) electrons. The Morgan fingerprint density at radius 1 is 1.25 bits per heavy atom. The largest absolute Gasteiger partial charge is 0.469 e. The van der Waals surface area contributed by atoms with Crippen LogP contribution in [0.15, 0.2) is 0 Å². The van der Waals surface area contributed by atoms with Crippen LogP contribution in [0.25, 0.3) is 0 Å². The predicted molar refractivity (Wildman–Crippen MR) is 59.0 cm³/mol. The molecule has 0 fully saturated rings. The third-order valence-corrected chi connectivity index (χ3v) is 2.12. The summed E-state index contributed by atoms with van der Waals surface area (Å²) >= 11 is 0. The van der Waals surface area contributed by atoms with Gasteiger partial charge < -0.3 is 14.8 Å². The number of ether oxygens (including phenoxy) is 2. The van der Waals surface area contributed by atoms with Crippen molar-refractivity contribution >= 4 is 11.9 Å². The Morgan fingerprint density at radius 2 is 1.94 bits per heavy atom. The van der Waals surface area contributed by atoms with E-state index in [1.807, 2.05) is 4.90 Å². The van der Waals surface area contributed by atoms with Gasteiger partial charge in [-0.1, -0.05) is 0 Å². The van der Waals surface area contributed by atoms with Crippen LogP contribution in [0.3, 0.4) is 0 Å². The minimum absolute atomic E-state index is 0.0824. The minimum Gasteiger partial charge on any atom is -0.469 e. The Kier molecular flexibility index (Phi) is 8.46. The van der Waals surface area contributed by atoms with E-state index in [0.29, 0.717) is 19.7 Å². The number of carbonyl (C=O) groups is 2. The first-order valence-corrected chi connectivity index (χ1v) is 5.12. The number of likely N-dealkylation sites (N-methyl/N-ethyl adjacent to an activating group) is 1. The molecule has 0 aliphatic rings. The van der Waals surface area contributed by atoms with Gasteiger partial charge in [0.15, 0.2) is 0 Å². The molecule has 0 aromatic rings. The second-order valence-corrected chi connectivity index (χ2v) is 3.27. The van der Waals surface area contributed by atoms with Crippen LogP contribution in [0.1, 0.15) is 6.42 Å². The number of nitrogens with zero attached hydrogens (tertiary/aromatic N) is 1. The monoisotopic (exact) mass is 232 g/mol. The van der Waals surface area contributed by atoms with Gasteiger partial charge in [-0.05, 0) is 0 Å². The van der Waals surface area contributed by atoms with Crippen molar-refractivity contribution in [2.24, 2.45) is 0 Å². The van der Waals surface area contributed by atoms with Gasteiger partial charge in [0.25, 0.3) is 0 Å². The van der Waals surface area contributed by atoms with Gasteiger partial charge >= 0.3 is 5.97 Å². The number of amides is 1. The van der Waals surface area contributed by atoms with Crippen molar-refractivity contribution in [1.82, 2.24) is 10.2 Å². The number of carbonyl (C=O) groups excluding carboxylic acids is 2. The lowest BCUT2D eigenvalue weighted by Crippen LogP contribution is -2.38. The summed E-state index contributed by atoms with van der Waals surface area (Å²) in [6.07, 6.45) is 0.275. The highest BCUT2D eigenvalue weighted by atomic mass is 16.5. The van der Waals surface area contributed by atoms with Gasteiger partial charge in [-0.15, -0.1) is 0 Å². The Labute approximate surface area is 95.9 Å². The summed E-state index contributed by atoms with van der Waals surface area (Å²) in [4.78, 5) is 24.0. The summed E-state index contributed by atoms with van der Waals surface area (Å²) in [5, 5.41) is 2.54. The number of esters is 1. The highest BCUT2D eigenvalue weighted by Crippen LogP contribution is 1.93. The van der Waals surface area contributed by atoms with Crippen LogP contribution in [0.4, 0.5) is 0 Å². The summed E-state index contributed by atoms with van der Waals surface area (Å²) in [5.74, 6) is -0.361. The third-order valence-electron chi connectivity index (χ3n) is 2.12. The van der Waals surface area contributed by atoms with E-state index in [1.54, 1.807) is 14.2 Å². The third kappa shape index (κ3) is 7.19. The maximum atomic E-state index is 11.2. The van der Waals surface area contributed by atoms with E-state index in [9.17, 15) is 9.59 Å². The fraction of sp³-hybridized carbons (Fsp3) is 0.800. The van der Waals surface area contributed by atoms with Gasteiger partial charge in [0.2, 0.25) is 5.91 Å². The zero-order valence-corrected chi connectivity index (χ0v) is 10.1. The smallest absolute Gasteiger partial charge is 0.306 e. The molecule has 0 atom stereocenters. The first-order chi connectivity index (χ1) is 7.63. The SMILES string of the molecule is CNC(=O)CN(CCOC)CCC(=O)OC. The van der Waals surface area contributed by atoms with Crippen LogP contribution in [-0.2, 0) is 19.1 Å². The molecule has 0 aromatic heterocycles. The molecule has 0 bridgehead atoms. The lowest BCUT2D eigenvalue weighted by atomic mass is 10.3. The van der Waals surface area contributed by atoms with E-state index in [1.165, 1.54) is 7.11 Å². The molecule has 0 unspecified atom stereocenters. The molecule has 1 N–H and O–H groups in total. The molecule has 0 aliphatic heterocycles. The standard InChI is InChI=1S/C10H20N2O4/c1-11-9(13)8-12(6-7-15-2)5-4-10(14)16-3/h4-8H2,1-3H3,(H,11,13). The molecule has 0 heterocycles. The van der Waals surface area contributed by atoms with Crippen LogP contribution >= 0.6 is 0 Å². The van der Waals surface area contributed by atoms with Crippen molar-refractivity contribution in [2.75, 3.05) is 47.5 Å². The molecule has 0 saturated carbocycles. The molecular weight excluding hydrogens is 212 g/mol. The van der Waals surface area contributed by atoms with E-state index >= 15 is 0 Å². The maximum absolute atomic E-state index is 11.2. The molecule has 0 aromatic carbocycles. The molecule has 0 aliphatic carbocycles. The molecule has 0 spiro atoms. The molecule has 0 rings (SSSR count). The molecular formula is C10H20N2O4. The topological polar surface area (TPSA) is 67.9 Å². The molecule has 0 saturated heterocycles. The Bertz CT molecular complexity index is 221. The number of hydrogen-bond donors (Lipinski definition) is 1. The highest BCUT2D eigenvalue weighted by molar-refractivity contribution is 5.77. The summed E-state index contributed by atoms with van der Waals surface area (Å²) in [6.45, 7) is 1.89. The Balaban J connectivity index is 3.98. The van der Waals surface area contributed by atoms with Crippen molar-refractivity contribution in [2.45, 2.75) is 6.42 Å². The van der Waals surface area contributed by atoms with E-state index in [4.69, 9.17) is 4.74 Å². The molecule has 94 valence electrons. The van der Waals surface area contributed by atoms with Gasteiger partial charge in [0.05, 0.1) is 26.7 Å². The number of rotatable bonds is 8. The average molecular weight is 232 g/mol. The van der Waals surface area contributed by atoms with Crippen molar-refractivity contribution in [3.63, 3.8) is 0 Å². The van der Waals surface area contributed by atoms with Crippen molar-refractivity contribution < 1.29 is 19.1 Å². The summed E-state index contributed by atoms with van der Waals surface area (Å²) in [6, 6.07) is 0. The minimum atomic E-state index is -0.278. The van der Waals surface area contributed by atoms with Gasteiger partial charge in [-0.25, -0.2) is 0 Å². The zero-order valence-electron chi connectivity index (χ0n) is 10.1. The number of hydrogen-bond acceptors (Lipinski definition) is 5. The fourth-order valence-corrected chi connectivity index (χ4v) is 1.12. The lowest BCUT2D eigenvalue weighted by Gasteiger charge is -2.20. The van der Waals surface area contributed by atoms with E-state index in [0.717, 1.165) is 0 Å². The summed E-state index contributed by atoms with van der Waals surface area (Å²) < 4.78 is 9.47. The predicted octanol–water partition coefficient (Wildman–Crippen LogP) is -0.756. The fourth-order valence-electron chi connectivity index (χ4n) is 1.12. The van der Waals surface area contributed by atoms with Crippen molar-refractivity contribution in [3.05, 3.63) is 0 Å². The van der Waals surface area contributed by atoms with Crippen molar-refractivity contribution in [3.8, 4) is 0 Å². The second-order valence-electron chi connectivity index (χ2n) is 3.27. The molecule has 6 heteroatoms. The Morgan fingerprint density at radius 3 is 2.44 bits per heavy atom. The normalized spacial score (nSPS) is 10.2. The first kappa shape index (κ1) is 14.9. The van der Waals surface area contributed by atoms with Gasteiger partial charge in [-0.3, -0.25) is 14.5 Å². The zero-order chi connectivity index (χ0) is 12.4. The molecule has 1 amide bonds. The maximum Gasteiger partial charge on any atom is 0.306 e. The quantitative estimate of drug-likeness (QED) is 0.557. The van der Waals surface area contributed by atoms with Crippen LogP contribution in [0.5, 0.6) is 0 Å². The average Bonchev–Trinajstić information content (AvgIpc) is 2.31. The van der Waals surface area contributed by atoms with Crippen molar-refractivity contribution in [1.29, 1.82) is 0 Å². The number of nitrogens with one attached hydrogen (secondary N) is 1. The summed E-state index contributed by atoms with van der Waals surface area (Å²) in [5.41, 5.74) is 0. The molecule has 6 nitrogen and oxygen atoms in total. The number of methoxy groups -OCH3 is 2. The van der Waals surface area contributed by atoms with Gasteiger partial charge in [-0.2, -0.15) is 0 Å². The highest BCUT2D eigenvalue weighted by Gasteiger charge is 2.11. The van der Waals surface area contributed by atoms with Crippen LogP contribution < -0.4 is 5.32 Å². The van der Waals surface area contributed by atoms with Crippen LogP contribution in [-0.4, -0.2) is 64.3 Å². The van der Waals surface area contributed by atoms with Gasteiger partial charge in [0, 0.05) is 27.2 Å². The van der Waals surface area contributed by atoms with E-state index in [-0.39, 0.29) is 24.8 Å². The molecule has 16 heavy (non-hydrogen) atoms. The summed E-state index contributed by atoms with van der Waals surface area (Å²) in [7, 11) is 4.52. The van der Waals surface area contributed by atoms with Gasteiger partial charge in [0.1, 0.15) is 0 Å².